The lowest BCUT2D eigenvalue weighted by Crippen LogP contribution is -2.23. The zero-order chi connectivity index (χ0) is 15.2. The highest BCUT2D eigenvalue weighted by molar-refractivity contribution is 5.24. The van der Waals surface area contributed by atoms with Crippen LogP contribution in [0.25, 0.3) is 0 Å². The summed E-state index contributed by atoms with van der Waals surface area (Å²) >= 11 is 0. The minimum atomic E-state index is -0.458. The highest BCUT2D eigenvalue weighted by Gasteiger charge is 2.16. The lowest BCUT2D eigenvalue weighted by Gasteiger charge is -2.18. The fourth-order valence-corrected chi connectivity index (χ4v) is 2.58. The molecule has 0 aliphatic heterocycles. The Morgan fingerprint density at radius 2 is 1.57 bits per heavy atom. The smallest absolute Gasteiger partial charge is 0.129 e. The molecule has 1 unspecified atom stereocenters. The van der Waals surface area contributed by atoms with Gasteiger partial charge >= 0.3 is 0 Å². The molecule has 0 radical (unpaired) electrons. The molecule has 2 rings (SSSR count). The molecule has 112 valence electrons. The van der Waals surface area contributed by atoms with Gasteiger partial charge < -0.3 is 5.32 Å². The molecular weight excluding hydrogens is 268 g/mol. The van der Waals surface area contributed by atoms with Gasteiger partial charge in [-0.1, -0.05) is 35.9 Å². The predicted octanol–water partition coefficient (Wildman–Crippen LogP) is 3.89. The molecule has 2 aromatic carbocycles. The molecule has 0 heterocycles. The van der Waals surface area contributed by atoms with Crippen LogP contribution in [0.5, 0.6) is 0 Å². The molecule has 0 saturated carbocycles. The molecule has 0 aliphatic carbocycles. The minimum Gasteiger partial charge on any atom is -0.319 e. The fourth-order valence-electron chi connectivity index (χ4n) is 2.58. The van der Waals surface area contributed by atoms with E-state index in [0.717, 1.165) is 13.0 Å². The molecule has 0 saturated heterocycles. The van der Waals surface area contributed by atoms with Crippen molar-refractivity contribution in [3.63, 3.8) is 0 Å². The number of halogens is 2. The second-order valence-corrected chi connectivity index (χ2v) is 5.52. The summed E-state index contributed by atoms with van der Waals surface area (Å²) in [6.45, 7) is 2.77. The first-order chi connectivity index (χ1) is 10.1. The van der Waals surface area contributed by atoms with Gasteiger partial charge in [0.2, 0.25) is 0 Å². The highest BCUT2D eigenvalue weighted by atomic mass is 19.1. The first kappa shape index (κ1) is 15.6. The maximum atomic E-state index is 13.8. The second kappa shape index (κ2) is 7.32. The average Bonchev–Trinajstić information content (AvgIpc) is 2.45. The van der Waals surface area contributed by atoms with E-state index in [1.807, 2.05) is 14.0 Å². The first-order valence-corrected chi connectivity index (χ1v) is 7.23. The Labute approximate surface area is 125 Å². The summed E-state index contributed by atoms with van der Waals surface area (Å²) in [5.74, 6) is -0.760. The number of nitrogens with one attached hydrogen (secondary N) is 1. The fraction of sp³-hybridized carbons (Fsp3) is 0.333. The Balaban J connectivity index is 2.13. The van der Waals surface area contributed by atoms with E-state index in [2.05, 4.69) is 29.6 Å². The lowest BCUT2D eigenvalue weighted by atomic mass is 9.91. The average molecular weight is 289 g/mol. The molecule has 0 bridgehead atoms. The van der Waals surface area contributed by atoms with Gasteiger partial charge in [-0.2, -0.15) is 0 Å². The molecule has 0 aliphatic rings. The maximum absolute atomic E-state index is 13.8. The van der Waals surface area contributed by atoms with Crippen LogP contribution in [0.3, 0.4) is 0 Å². The Morgan fingerprint density at radius 3 is 2.14 bits per heavy atom. The normalized spacial score (nSPS) is 12.4. The number of rotatable bonds is 6. The molecule has 0 fully saturated rings. The Bertz CT molecular complexity index is 558. The van der Waals surface area contributed by atoms with Gasteiger partial charge in [-0.25, -0.2) is 8.78 Å². The van der Waals surface area contributed by atoms with Gasteiger partial charge in [0, 0.05) is 5.56 Å². The number of aryl methyl sites for hydroxylation is 1. The Morgan fingerprint density at radius 1 is 0.952 bits per heavy atom. The molecule has 1 nitrogen and oxygen atoms in total. The number of benzene rings is 2. The lowest BCUT2D eigenvalue weighted by molar-refractivity contribution is 0.462. The molecule has 21 heavy (non-hydrogen) atoms. The minimum absolute atomic E-state index is 0.157. The van der Waals surface area contributed by atoms with Gasteiger partial charge in [0.25, 0.3) is 0 Å². The van der Waals surface area contributed by atoms with Crippen LogP contribution in [-0.4, -0.2) is 13.6 Å². The van der Waals surface area contributed by atoms with Crippen LogP contribution >= 0.6 is 0 Å². The third-order valence-corrected chi connectivity index (χ3v) is 3.69. The van der Waals surface area contributed by atoms with Gasteiger partial charge in [-0.3, -0.25) is 0 Å². The zero-order valence-electron chi connectivity index (χ0n) is 12.5. The standard InChI is InChI=1S/C18H21F2N/c1-13-6-8-14(9-7-13)10-15(12-21-2)11-16-17(19)4-3-5-18(16)20/h3-9,15,21H,10-12H2,1-2H3. The van der Waals surface area contributed by atoms with E-state index in [9.17, 15) is 8.78 Å². The van der Waals surface area contributed by atoms with Crippen LogP contribution in [-0.2, 0) is 12.8 Å². The summed E-state index contributed by atoms with van der Waals surface area (Å²) in [6.07, 6.45) is 1.20. The monoisotopic (exact) mass is 289 g/mol. The topological polar surface area (TPSA) is 12.0 Å². The van der Waals surface area contributed by atoms with E-state index >= 15 is 0 Å². The maximum Gasteiger partial charge on any atom is 0.129 e. The van der Waals surface area contributed by atoms with E-state index in [1.165, 1.54) is 29.3 Å². The van der Waals surface area contributed by atoms with Crippen LogP contribution in [0.1, 0.15) is 16.7 Å². The van der Waals surface area contributed by atoms with Crippen LogP contribution < -0.4 is 5.32 Å². The summed E-state index contributed by atoms with van der Waals surface area (Å²) in [4.78, 5) is 0. The molecule has 0 amide bonds. The molecule has 0 aromatic heterocycles. The quantitative estimate of drug-likeness (QED) is 0.850. The summed E-state index contributed by atoms with van der Waals surface area (Å²) in [7, 11) is 1.86. The summed E-state index contributed by atoms with van der Waals surface area (Å²) < 4.78 is 27.6. The van der Waals surface area contributed by atoms with Crippen molar-refractivity contribution in [2.75, 3.05) is 13.6 Å². The van der Waals surface area contributed by atoms with Crippen molar-refractivity contribution in [3.8, 4) is 0 Å². The van der Waals surface area contributed by atoms with Crippen molar-refractivity contribution < 1.29 is 8.78 Å². The van der Waals surface area contributed by atoms with Gasteiger partial charge in [-0.15, -0.1) is 0 Å². The van der Waals surface area contributed by atoms with Crippen molar-refractivity contribution in [3.05, 3.63) is 70.8 Å². The molecule has 3 heteroatoms. The predicted molar refractivity (Wildman–Crippen MR) is 82.4 cm³/mol. The van der Waals surface area contributed by atoms with E-state index in [4.69, 9.17) is 0 Å². The van der Waals surface area contributed by atoms with Crippen molar-refractivity contribution in [1.29, 1.82) is 0 Å². The van der Waals surface area contributed by atoms with Crippen molar-refractivity contribution in [2.45, 2.75) is 19.8 Å². The number of hydrogen-bond acceptors (Lipinski definition) is 1. The summed E-state index contributed by atoms with van der Waals surface area (Å²) in [6, 6.07) is 12.3. The second-order valence-electron chi connectivity index (χ2n) is 5.52. The third kappa shape index (κ3) is 4.36. The van der Waals surface area contributed by atoms with Crippen LogP contribution in [0.2, 0.25) is 0 Å². The molecule has 1 N–H and O–H groups in total. The van der Waals surface area contributed by atoms with Crippen molar-refractivity contribution in [2.24, 2.45) is 5.92 Å². The van der Waals surface area contributed by atoms with Gasteiger partial charge in [0.15, 0.2) is 0 Å². The van der Waals surface area contributed by atoms with Crippen molar-refractivity contribution >= 4 is 0 Å². The van der Waals surface area contributed by atoms with E-state index in [-0.39, 0.29) is 11.5 Å². The van der Waals surface area contributed by atoms with Crippen LogP contribution in [0, 0.1) is 24.5 Å². The van der Waals surface area contributed by atoms with Crippen molar-refractivity contribution in [1.82, 2.24) is 5.32 Å². The van der Waals surface area contributed by atoms with Crippen LogP contribution in [0.15, 0.2) is 42.5 Å². The largest absolute Gasteiger partial charge is 0.319 e. The zero-order valence-corrected chi connectivity index (χ0v) is 12.5. The molecule has 1 atom stereocenters. The first-order valence-electron chi connectivity index (χ1n) is 7.23. The van der Waals surface area contributed by atoms with Gasteiger partial charge in [0.1, 0.15) is 11.6 Å². The summed E-state index contributed by atoms with van der Waals surface area (Å²) in [5, 5.41) is 3.11. The number of hydrogen-bond donors (Lipinski definition) is 1. The summed E-state index contributed by atoms with van der Waals surface area (Å²) in [5.41, 5.74) is 2.59. The van der Waals surface area contributed by atoms with E-state index in [0.29, 0.717) is 6.42 Å². The molecule has 2 aromatic rings. The Kier molecular flexibility index (Phi) is 5.45. The van der Waals surface area contributed by atoms with E-state index < -0.39 is 11.6 Å². The third-order valence-electron chi connectivity index (χ3n) is 3.69. The van der Waals surface area contributed by atoms with Crippen LogP contribution in [0.4, 0.5) is 8.78 Å². The highest BCUT2D eigenvalue weighted by Crippen LogP contribution is 2.19. The van der Waals surface area contributed by atoms with Gasteiger partial charge in [0.05, 0.1) is 0 Å². The van der Waals surface area contributed by atoms with E-state index in [1.54, 1.807) is 0 Å². The molecular formula is C18H21F2N. The van der Waals surface area contributed by atoms with Gasteiger partial charge in [-0.05, 0) is 57.0 Å². The molecule has 0 spiro atoms. The Hall–Kier alpha value is -1.74. The SMILES string of the molecule is CNCC(Cc1ccc(C)cc1)Cc1c(F)cccc1F.